The largest absolute Gasteiger partial charge is 0.494 e. The highest BCUT2D eigenvalue weighted by Gasteiger charge is 1.91. The number of aryl methyl sites for hydroxylation is 4. The summed E-state index contributed by atoms with van der Waals surface area (Å²) in [7, 11) is 0. The fourth-order valence-corrected chi connectivity index (χ4v) is 1.34. The van der Waals surface area contributed by atoms with Crippen molar-refractivity contribution in [2.45, 2.75) is 27.7 Å². The molecule has 6 heteroatoms. The van der Waals surface area contributed by atoms with Crippen LogP contribution in [0.4, 0.5) is 0 Å². The number of rotatable bonds is 0. The number of nitrogens with one attached hydrogen (secondary N) is 1. The summed E-state index contributed by atoms with van der Waals surface area (Å²) in [5, 5.41) is 8.80. The Labute approximate surface area is 108 Å². The zero-order valence-electron chi connectivity index (χ0n) is 12.7. The van der Waals surface area contributed by atoms with Gasteiger partial charge in [-0.05, 0) is 33.7 Å². The van der Waals surface area contributed by atoms with E-state index in [0.717, 1.165) is 17.2 Å². The molecule has 2 N–H and O–H groups in total. The van der Waals surface area contributed by atoms with E-state index in [-0.39, 0.29) is 11.7 Å². The Hall–Kier alpha value is -2.24. The third kappa shape index (κ3) is 4.73. The number of H-pyrrole nitrogens is 1. The number of aromatic nitrogens is 4. The standard InChI is InChI=1S/C7H10N2.C5H6N2O2/c1-5-4-6(2)9-7(3)8-5;1-3-2-4(8)7-5(9)6-3/h4H,1-3H3;2H,1H3,(H2,6,7,8,9)/i4D;2D. The van der Waals surface area contributed by atoms with Crippen molar-refractivity contribution in [1.29, 1.82) is 0 Å². The summed E-state index contributed by atoms with van der Waals surface area (Å²) < 4.78 is 14.5. The molecular formula is C12H16N4O2. The topological polar surface area (TPSA) is 91.8 Å². The lowest BCUT2D eigenvalue weighted by Gasteiger charge is -1.95. The number of nitrogens with zero attached hydrogens (tertiary/aromatic N) is 3. The van der Waals surface area contributed by atoms with E-state index in [1.807, 2.05) is 25.8 Å². The maximum atomic E-state index is 10.5. The third-order valence-corrected chi connectivity index (χ3v) is 1.81. The van der Waals surface area contributed by atoms with E-state index in [9.17, 15) is 4.79 Å². The maximum absolute atomic E-state index is 10.5. The summed E-state index contributed by atoms with van der Waals surface area (Å²) in [5.74, 6) is 0.309. The normalized spacial score (nSPS) is 11.1. The molecule has 0 saturated carbocycles. The molecule has 2 aromatic heterocycles. The van der Waals surface area contributed by atoms with Gasteiger partial charge in [0.05, 0.1) is 2.74 Å². The Bertz CT molecular complexity index is 636. The van der Waals surface area contributed by atoms with E-state index in [4.69, 9.17) is 7.85 Å². The molecule has 0 aliphatic carbocycles. The molecule has 0 spiro atoms. The minimum absolute atomic E-state index is 0.139. The highest BCUT2D eigenvalue weighted by molar-refractivity contribution is 5.09. The molecule has 0 bridgehead atoms. The van der Waals surface area contributed by atoms with E-state index in [2.05, 4.69) is 15.0 Å². The lowest BCUT2D eigenvalue weighted by molar-refractivity contribution is 0.448. The van der Waals surface area contributed by atoms with Crippen molar-refractivity contribution in [1.82, 2.24) is 19.9 Å². The Balaban J connectivity index is 0.000000200. The van der Waals surface area contributed by atoms with Crippen molar-refractivity contribution < 1.29 is 7.85 Å². The molecule has 0 radical (unpaired) electrons. The number of hydrogen-bond donors (Lipinski definition) is 2. The molecule has 0 aliphatic rings. The first-order chi connectivity index (χ1) is 9.22. The van der Waals surface area contributed by atoms with E-state index in [0.29, 0.717) is 6.04 Å². The third-order valence-electron chi connectivity index (χ3n) is 1.81. The van der Waals surface area contributed by atoms with E-state index < -0.39 is 11.6 Å². The minimum Gasteiger partial charge on any atom is -0.494 e. The van der Waals surface area contributed by atoms with Gasteiger partial charge in [0.2, 0.25) is 0 Å². The quantitative estimate of drug-likeness (QED) is 0.732. The van der Waals surface area contributed by atoms with Gasteiger partial charge in [0.15, 0.2) is 5.88 Å². The first-order valence-electron chi connectivity index (χ1n) is 6.27. The number of hydrogen-bond acceptors (Lipinski definition) is 5. The lowest BCUT2D eigenvalue weighted by atomic mass is 10.3. The summed E-state index contributed by atoms with van der Waals surface area (Å²) in [4.78, 5) is 23.9. The molecule has 2 heterocycles. The van der Waals surface area contributed by atoms with Crippen LogP contribution in [0.25, 0.3) is 0 Å². The van der Waals surface area contributed by atoms with Gasteiger partial charge in [-0.15, -0.1) is 0 Å². The van der Waals surface area contributed by atoms with Crippen molar-refractivity contribution in [2.75, 3.05) is 0 Å². The van der Waals surface area contributed by atoms with Crippen molar-refractivity contribution in [3.63, 3.8) is 0 Å². The summed E-state index contributed by atoms with van der Waals surface area (Å²) in [5.41, 5.74) is 1.10. The van der Waals surface area contributed by atoms with E-state index >= 15 is 0 Å². The van der Waals surface area contributed by atoms with Gasteiger partial charge in [-0.1, -0.05) is 0 Å². The van der Waals surface area contributed by atoms with Gasteiger partial charge in [-0.25, -0.2) is 14.8 Å². The smallest absolute Gasteiger partial charge is 0.347 e. The van der Waals surface area contributed by atoms with Crippen molar-refractivity contribution in [2.24, 2.45) is 0 Å². The van der Waals surface area contributed by atoms with Crippen LogP contribution >= 0.6 is 0 Å². The van der Waals surface area contributed by atoms with Gasteiger partial charge in [-0.3, -0.25) is 4.98 Å². The second kappa shape index (κ2) is 5.90. The Kier molecular flexibility index (Phi) is 3.57. The molecule has 2 aromatic rings. The molecule has 0 aromatic carbocycles. The molecule has 0 aliphatic heterocycles. The first-order valence-corrected chi connectivity index (χ1v) is 5.27. The van der Waals surface area contributed by atoms with Crippen LogP contribution in [0.5, 0.6) is 5.88 Å². The number of aromatic amines is 1. The fourth-order valence-electron chi connectivity index (χ4n) is 1.34. The van der Waals surface area contributed by atoms with Gasteiger partial charge in [0, 0.05) is 23.1 Å². The molecule has 96 valence electrons. The van der Waals surface area contributed by atoms with Crippen LogP contribution in [0.3, 0.4) is 0 Å². The monoisotopic (exact) mass is 250 g/mol. The summed E-state index contributed by atoms with van der Waals surface area (Å²) in [6, 6.07) is 0.310. The summed E-state index contributed by atoms with van der Waals surface area (Å²) in [6.45, 7) is 6.96. The second-order valence-corrected chi connectivity index (χ2v) is 3.67. The van der Waals surface area contributed by atoms with E-state index in [1.54, 1.807) is 0 Å². The molecule has 6 nitrogen and oxygen atoms in total. The maximum Gasteiger partial charge on any atom is 0.347 e. The van der Waals surface area contributed by atoms with Crippen LogP contribution in [0.2, 0.25) is 0 Å². The number of aromatic hydroxyl groups is 1. The highest BCUT2D eigenvalue weighted by atomic mass is 16.3. The lowest BCUT2D eigenvalue weighted by Crippen LogP contribution is -2.09. The zero-order valence-corrected chi connectivity index (χ0v) is 10.7. The molecule has 0 unspecified atom stereocenters. The Morgan fingerprint density at radius 1 is 1.06 bits per heavy atom. The van der Waals surface area contributed by atoms with Crippen LogP contribution < -0.4 is 5.69 Å². The van der Waals surface area contributed by atoms with Gasteiger partial charge in [0.1, 0.15) is 5.82 Å². The van der Waals surface area contributed by atoms with Gasteiger partial charge < -0.3 is 5.11 Å². The molecule has 0 atom stereocenters. The van der Waals surface area contributed by atoms with Gasteiger partial charge >= 0.3 is 5.69 Å². The van der Waals surface area contributed by atoms with Crippen LogP contribution in [0.1, 0.15) is 25.6 Å². The van der Waals surface area contributed by atoms with E-state index in [1.165, 1.54) is 6.92 Å². The fraction of sp³-hybridized carbons (Fsp3) is 0.333. The van der Waals surface area contributed by atoms with Crippen LogP contribution in [-0.2, 0) is 0 Å². The molecular weight excluding hydrogens is 232 g/mol. The molecule has 0 saturated heterocycles. The molecule has 0 fully saturated rings. The van der Waals surface area contributed by atoms with Crippen LogP contribution in [0.15, 0.2) is 16.9 Å². The predicted molar refractivity (Wildman–Crippen MR) is 67.5 cm³/mol. The Morgan fingerprint density at radius 2 is 1.56 bits per heavy atom. The highest BCUT2D eigenvalue weighted by Crippen LogP contribution is 1.98. The summed E-state index contributed by atoms with van der Waals surface area (Å²) >= 11 is 0. The van der Waals surface area contributed by atoms with Gasteiger partial charge in [0.25, 0.3) is 0 Å². The average molecular weight is 250 g/mol. The van der Waals surface area contributed by atoms with Crippen molar-refractivity contribution in [3.8, 4) is 5.88 Å². The minimum atomic E-state index is -0.633. The average Bonchev–Trinajstić information content (AvgIpc) is 2.33. The Morgan fingerprint density at radius 3 is 2.06 bits per heavy atom. The van der Waals surface area contributed by atoms with Crippen molar-refractivity contribution >= 4 is 0 Å². The summed E-state index contributed by atoms with van der Waals surface area (Å²) in [6.07, 6.45) is 0. The van der Waals surface area contributed by atoms with Gasteiger partial charge in [-0.2, -0.15) is 4.98 Å². The van der Waals surface area contributed by atoms with Crippen molar-refractivity contribution in [3.05, 3.63) is 45.5 Å². The molecule has 0 amide bonds. The second-order valence-electron chi connectivity index (χ2n) is 3.67. The SMILES string of the molecule is [2H]c1c(C)nc(=O)[nH]c1O.[2H]c1c(C)nc(C)nc1C. The molecule has 2 rings (SSSR count). The first kappa shape index (κ1) is 10.9. The van der Waals surface area contributed by atoms with Crippen LogP contribution in [-0.4, -0.2) is 25.0 Å². The molecule has 18 heavy (non-hydrogen) atoms. The zero-order chi connectivity index (χ0) is 15.4. The predicted octanol–water partition coefficient (Wildman–Crippen LogP) is 1.19. The van der Waals surface area contributed by atoms with Crippen LogP contribution in [0, 0.1) is 27.7 Å².